The maximum atomic E-state index is 5.89. The molecular formula is C16H17BrN4S. The molecule has 0 radical (unpaired) electrons. The van der Waals surface area contributed by atoms with Crippen LogP contribution in [0.3, 0.4) is 0 Å². The van der Waals surface area contributed by atoms with Crippen LogP contribution in [0.15, 0.2) is 41.0 Å². The second-order valence-corrected chi connectivity index (χ2v) is 7.20. The Morgan fingerprint density at radius 1 is 1.27 bits per heavy atom. The minimum Gasteiger partial charge on any atom is -0.378 e. The van der Waals surface area contributed by atoms with E-state index < -0.39 is 0 Å². The van der Waals surface area contributed by atoms with Gasteiger partial charge >= 0.3 is 0 Å². The van der Waals surface area contributed by atoms with Crippen molar-refractivity contribution in [2.75, 3.05) is 5.32 Å². The Labute approximate surface area is 141 Å². The second-order valence-electron chi connectivity index (χ2n) is 5.31. The predicted molar refractivity (Wildman–Crippen MR) is 96.2 cm³/mol. The molecule has 0 spiro atoms. The summed E-state index contributed by atoms with van der Waals surface area (Å²) in [5, 5.41) is 11.9. The summed E-state index contributed by atoms with van der Waals surface area (Å²) in [6.07, 6.45) is 0.858. The number of nitrogens with zero attached hydrogens (tertiary/aromatic N) is 2. The molecule has 0 bridgehead atoms. The molecule has 4 nitrogen and oxygen atoms in total. The summed E-state index contributed by atoms with van der Waals surface area (Å²) in [5.74, 6) is 0. The minimum absolute atomic E-state index is 0.144. The van der Waals surface area contributed by atoms with Crippen molar-refractivity contribution in [1.29, 1.82) is 0 Å². The van der Waals surface area contributed by atoms with E-state index in [1.165, 1.54) is 10.4 Å². The number of anilines is 1. The molecule has 114 valence electrons. The van der Waals surface area contributed by atoms with Crippen LogP contribution in [0.2, 0.25) is 0 Å². The summed E-state index contributed by atoms with van der Waals surface area (Å²) in [7, 11) is 0. The van der Waals surface area contributed by atoms with Gasteiger partial charge in [-0.2, -0.15) is 0 Å². The van der Waals surface area contributed by atoms with Crippen molar-refractivity contribution in [3.05, 3.63) is 51.4 Å². The molecule has 3 rings (SSSR count). The Morgan fingerprint density at radius 3 is 2.77 bits per heavy atom. The molecule has 0 saturated carbocycles. The Balaban J connectivity index is 1.90. The number of thiophene rings is 1. The molecule has 0 aliphatic rings. The second kappa shape index (κ2) is 6.73. The number of nitrogens with one attached hydrogen (secondary N) is 1. The fraction of sp³-hybridized carbons (Fsp3) is 0.250. The molecule has 3 aromatic rings. The van der Waals surface area contributed by atoms with Gasteiger partial charge in [0.2, 0.25) is 0 Å². The number of halogens is 1. The molecule has 1 aromatic carbocycles. The van der Waals surface area contributed by atoms with E-state index >= 15 is 0 Å². The fourth-order valence-corrected chi connectivity index (χ4v) is 4.09. The first-order chi connectivity index (χ1) is 10.6. The summed E-state index contributed by atoms with van der Waals surface area (Å²) in [5.41, 5.74) is 9.03. The van der Waals surface area contributed by atoms with Gasteiger partial charge in [0.15, 0.2) is 4.60 Å². The number of aromatic nitrogens is 2. The van der Waals surface area contributed by atoms with Crippen molar-refractivity contribution in [2.24, 2.45) is 5.73 Å². The van der Waals surface area contributed by atoms with Gasteiger partial charge in [-0.25, -0.2) is 0 Å². The smallest absolute Gasteiger partial charge is 0.153 e. The molecule has 0 unspecified atom stereocenters. The normalized spacial score (nSPS) is 12.5. The van der Waals surface area contributed by atoms with Crippen LogP contribution in [0, 0.1) is 0 Å². The van der Waals surface area contributed by atoms with Crippen LogP contribution >= 0.6 is 27.3 Å². The third-order valence-corrected chi connectivity index (χ3v) is 5.00. The lowest BCUT2D eigenvalue weighted by Crippen LogP contribution is -2.16. The molecule has 6 heteroatoms. The molecule has 0 aliphatic carbocycles. The Morgan fingerprint density at radius 2 is 2.05 bits per heavy atom. The molecule has 3 N–H and O–H groups in total. The summed E-state index contributed by atoms with van der Waals surface area (Å²) in [6.45, 7) is 2.77. The van der Waals surface area contributed by atoms with Crippen molar-refractivity contribution in [3.63, 3.8) is 0 Å². The van der Waals surface area contributed by atoms with E-state index in [4.69, 9.17) is 5.73 Å². The number of hydrogen-bond donors (Lipinski definition) is 2. The van der Waals surface area contributed by atoms with Crippen molar-refractivity contribution in [1.82, 2.24) is 10.2 Å². The number of benzene rings is 1. The van der Waals surface area contributed by atoms with Crippen molar-refractivity contribution < 1.29 is 0 Å². The molecule has 1 atom stereocenters. The topological polar surface area (TPSA) is 63.8 Å². The predicted octanol–water partition coefficient (Wildman–Crippen LogP) is 3.96. The number of nitrogens with two attached hydrogens (primary N) is 1. The third kappa shape index (κ3) is 3.45. The fourth-order valence-electron chi connectivity index (χ4n) is 2.28. The average molecular weight is 377 g/mol. The summed E-state index contributed by atoms with van der Waals surface area (Å²) in [4.78, 5) is 1.24. The van der Waals surface area contributed by atoms with Crippen LogP contribution in [0.25, 0.3) is 10.2 Å². The van der Waals surface area contributed by atoms with Crippen LogP contribution in [0.4, 0.5) is 5.69 Å². The van der Waals surface area contributed by atoms with Gasteiger partial charge in [0.25, 0.3) is 0 Å². The van der Waals surface area contributed by atoms with Gasteiger partial charge in [-0.15, -0.1) is 21.5 Å². The van der Waals surface area contributed by atoms with Gasteiger partial charge in [-0.05, 0) is 40.9 Å². The highest BCUT2D eigenvalue weighted by Crippen LogP contribution is 2.35. The number of fused-ring (bicyclic) bond motifs is 1. The van der Waals surface area contributed by atoms with Crippen LogP contribution in [0.5, 0.6) is 0 Å². The highest BCUT2D eigenvalue weighted by Gasteiger charge is 2.13. The van der Waals surface area contributed by atoms with Crippen LogP contribution in [-0.2, 0) is 13.0 Å². The third-order valence-electron chi connectivity index (χ3n) is 3.28. The maximum Gasteiger partial charge on any atom is 0.153 e. The molecule has 0 amide bonds. The average Bonchev–Trinajstić information content (AvgIpc) is 2.89. The summed E-state index contributed by atoms with van der Waals surface area (Å²) >= 11 is 5.22. The van der Waals surface area contributed by atoms with E-state index in [1.54, 1.807) is 11.3 Å². The van der Waals surface area contributed by atoms with Gasteiger partial charge in [0, 0.05) is 17.5 Å². The van der Waals surface area contributed by atoms with E-state index in [9.17, 15) is 0 Å². The van der Waals surface area contributed by atoms with Crippen molar-refractivity contribution >= 4 is 43.2 Å². The SMILES string of the molecule is C[C@H](N)Cc1cc2nnc(Br)c(NCc3ccccc3)c2s1. The molecule has 0 fully saturated rings. The monoisotopic (exact) mass is 376 g/mol. The van der Waals surface area contributed by atoms with Crippen LogP contribution in [0.1, 0.15) is 17.4 Å². The van der Waals surface area contributed by atoms with Crippen molar-refractivity contribution in [2.45, 2.75) is 25.9 Å². The van der Waals surface area contributed by atoms with Gasteiger partial charge in [0.1, 0.15) is 5.52 Å². The number of hydrogen-bond acceptors (Lipinski definition) is 5. The first-order valence-electron chi connectivity index (χ1n) is 7.11. The van der Waals surface area contributed by atoms with Gasteiger partial charge < -0.3 is 11.1 Å². The maximum absolute atomic E-state index is 5.89. The Hall–Kier alpha value is -1.50. The van der Waals surface area contributed by atoms with Gasteiger partial charge in [-0.1, -0.05) is 30.3 Å². The standard InChI is InChI=1S/C16H17BrN4S/c1-10(18)7-12-8-13-15(22-12)14(16(17)21-20-13)19-9-11-5-3-2-4-6-11/h2-6,8,10H,7,9,18H2,1H3,(H,19,20)/t10-/m0/s1. The largest absolute Gasteiger partial charge is 0.378 e. The molecule has 0 saturated heterocycles. The van der Waals surface area contributed by atoms with E-state index in [1.807, 2.05) is 25.1 Å². The summed E-state index contributed by atoms with van der Waals surface area (Å²) in [6, 6.07) is 12.5. The van der Waals surface area contributed by atoms with Gasteiger partial charge in [-0.3, -0.25) is 0 Å². The molecular weight excluding hydrogens is 360 g/mol. The van der Waals surface area contributed by atoms with E-state index in [0.717, 1.165) is 33.5 Å². The van der Waals surface area contributed by atoms with E-state index in [0.29, 0.717) is 0 Å². The Kier molecular flexibility index (Phi) is 4.71. The first kappa shape index (κ1) is 15.4. The van der Waals surface area contributed by atoms with E-state index in [2.05, 4.69) is 49.6 Å². The van der Waals surface area contributed by atoms with E-state index in [-0.39, 0.29) is 6.04 Å². The zero-order valence-electron chi connectivity index (χ0n) is 12.2. The highest BCUT2D eigenvalue weighted by molar-refractivity contribution is 9.10. The molecule has 22 heavy (non-hydrogen) atoms. The first-order valence-corrected chi connectivity index (χ1v) is 8.72. The summed E-state index contributed by atoms with van der Waals surface area (Å²) < 4.78 is 1.86. The van der Waals surface area contributed by atoms with Crippen LogP contribution < -0.4 is 11.1 Å². The highest BCUT2D eigenvalue weighted by atomic mass is 79.9. The minimum atomic E-state index is 0.144. The molecule has 2 aromatic heterocycles. The molecule has 2 heterocycles. The number of rotatable bonds is 5. The molecule has 0 aliphatic heterocycles. The van der Waals surface area contributed by atoms with Gasteiger partial charge in [0.05, 0.1) is 10.4 Å². The lowest BCUT2D eigenvalue weighted by atomic mass is 10.2. The van der Waals surface area contributed by atoms with Crippen molar-refractivity contribution in [3.8, 4) is 0 Å². The lowest BCUT2D eigenvalue weighted by Gasteiger charge is -2.08. The lowest BCUT2D eigenvalue weighted by molar-refractivity contribution is 0.747. The Bertz CT molecular complexity index is 770. The zero-order valence-corrected chi connectivity index (χ0v) is 14.6. The quantitative estimate of drug-likeness (QED) is 0.707. The van der Waals surface area contributed by atoms with Crippen LogP contribution in [-0.4, -0.2) is 16.2 Å². The zero-order chi connectivity index (χ0) is 15.5.